The number of rotatable bonds is 1. The summed E-state index contributed by atoms with van der Waals surface area (Å²) in [6, 6.07) is 1.65. The number of aromatic nitrogens is 2. The SMILES string of the molecule is Nc1c2c(nn1-c1c(Cl)cc(C(F)(F)F)cc1Cl)CSC2. The van der Waals surface area contributed by atoms with Gasteiger partial charge in [-0.15, -0.1) is 0 Å². The Morgan fingerprint density at radius 1 is 1.19 bits per heavy atom. The van der Waals surface area contributed by atoms with Gasteiger partial charge in [0.2, 0.25) is 0 Å². The molecule has 0 saturated heterocycles. The van der Waals surface area contributed by atoms with E-state index in [2.05, 4.69) is 5.10 Å². The Hall–Kier alpha value is -1.05. The van der Waals surface area contributed by atoms with Crippen LogP contribution in [0.5, 0.6) is 0 Å². The standard InChI is InChI=1S/C12H8Cl2F3N3S/c13-7-1-5(12(15,16)17)2-8(14)10(7)20-11(18)6-3-21-4-9(6)19-20/h1-2H,3-4,18H2. The van der Waals surface area contributed by atoms with Gasteiger partial charge in [0, 0.05) is 17.1 Å². The molecule has 2 aromatic rings. The molecule has 0 spiro atoms. The highest BCUT2D eigenvalue weighted by atomic mass is 35.5. The fourth-order valence-corrected chi connectivity index (χ4v) is 3.83. The third kappa shape index (κ3) is 2.47. The zero-order valence-corrected chi connectivity index (χ0v) is 12.7. The zero-order valence-electron chi connectivity index (χ0n) is 10.3. The number of alkyl halides is 3. The van der Waals surface area contributed by atoms with Gasteiger partial charge in [-0.3, -0.25) is 0 Å². The van der Waals surface area contributed by atoms with Crippen molar-refractivity contribution in [2.75, 3.05) is 5.73 Å². The Kier molecular flexibility index (Phi) is 3.54. The Morgan fingerprint density at radius 2 is 1.81 bits per heavy atom. The lowest BCUT2D eigenvalue weighted by Crippen LogP contribution is -2.09. The fourth-order valence-electron chi connectivity index (χ4n) is 2.14. The first-order chi connectivity index (χ1) is 9.79. The summed E-state index contributed by atoms with van der Waals surface area (Å²) < 4.78 is 39.5. The van der Waals surface area contributed by atoms with E-state index >= 15 is 0 Å². The Labute approximate surface area is 132 Å². The molecule has 2 N–H and O–H groups in total. The molecule has 1 aliphatic heterocycles. The van der Waals surface area contributed by atoms with Crippen LogP contribution in [0.3, 0.4) is 0 Å². The summed E-state index contributed by atoms with van der Waals surface area (Å²) in [5, 5.41) is 4.01. The van der Waals surface area contributed by atoms with Crippen molar-refractivity contribution in [3.05, 3.63) is 39.0 Å². The van der Waals surface area contributed by atoms with E-state index in [1.807, 2.05) is 0 Å². The number of hydrogen-bond donors (Lipinski definition) is 1. The minimum atomic E-state index is -4.51. The first kappa shape index (κ1) is 14.9. The second kappa shape index (κ2) is 5.00. The molecule has 0 bridgehead atoms. The minimum Gasteiger partial charge on any atom is -0.383 e. The van der Waals surface area contributed by atoms with Crippen molar-refractivity contribution in [1.29, 1.82) is 0 Å². The molecule has 1 aromatic carbocycles. The molecule has 0 unspecified atom stereocenters. The Balaban J connectivity index is 2.16. The maximum Gasteiger partial charge on any atom is 0.416 e. The summed E-state index contributed by atoms with van der Waals surface area (Å²) in [6.07, 6.45) is -4.51. The maximum absolute atomic E-state index is 12.7. The molecule has 1 aromatic heterocycles. The third-order valence-corrected chi connectivity index (χ3v) is 4.69. The minimum absolute atomic E-state index is 0.143. The highest BCUT2D eigenvalue weighted by Crippen LogP contribution is 2.40. The molecule has 0 radical (unpaired) electrons. The van der Waals surface area contributed by atoms with Gasteiger partial charge in [-0.25, -0.2) is 4.68 Å². The summed E-state index contributed by atoms with van der Waals surface area (Å²) in [6.45, 7) is 0. The van der Waals surface area contributed by atoms with Gasteiger partial charge < -0.3 is 5.73 Å². The predicted molar refractivity (Wildman–Crippen MR) is 78.0 cm³/mol. The second-order valence-corrected chi connectivity index (χ2v) is 6.30. The number of nitrogens with zero attached hydrogens (tertiary/aromatic N) is 2. The van der Waals surface area contributed by atoms with E-state index in [0.29, 0.717) is 11.6 Å². The summed E-state index contributed by atoms with van der Waals surface area (Å²) in [5.74, 6) is 1.79. The van der Waals surface area contributed by atoms with Gasteiger partial charge >= 0.3 is 6.18 Å². The van der Waals surface area contributed by atoms with Crippen LogP contribution in [0.25, 0.3) is 5.69 Å². The quantitative estimate of drug-likeness (QED) is 0.819. The van der Waals surface area contributed by atoms with Crippen molar-refractivity contribution in [3.8, 4) is 5.69 Å². The van der Waals surface area contributed by atoms with Crippen molar-refractivity contribution in [3.63, 3.8) is 0 Å². The van der Waals surface area contributed by atoms with Gasteiger partial charge in [0.25, 0.3) is 0 Å². The van der Waals surface area contributed by atoms with E-state index in [0.717, 1.165) is 29.1 Å². The van der Waals surface area contributed by atoms with Gasteiger partial charge in [0.05, 0.1) is 21.3 Å². The summed E-state index contributed by atoms with van der Waals surface area (Å²) in [4.78, 5) is 0. The molecule has 0 amide bonds. The van der Waals surface area contributed by atoms with Crippen LogP contribution in [0.1, 0.15) is 16.8 Å². The van der Waals surface area contributed by atoms with Gasteiger partial charge in [0.1, 0.15) is 11.5 Å². The van der Waals surface area contributed by atoms with Crippen molar-refractivity contribution < 1.29 is 13.2 Å². The number of anilines is 1. The molecule has 0 aliphatic carbocycles. The maximum atomic E-state index is 12.7. The van der Waals surface area contributed by atoms with Gasteiger partial charge in [0.15, 0.2) is 0 Å². The van der Waals surface area contributed by atoms with Crippen LogP contribution in [-0.4, -0.2) is 9.78 Å². The van der Waals surface area contributed by atoms with Crippen molar-refractivity contribution in [2.24, 2.45) is 0 Å². The van der Waals surface area contributed by atoms with Crippen LogP contribution in [0, 0.1) is 0 Å². The topological polar surface area (TPSA) is 43.8 Å². The largest absolute Gasteiger partial charge is 0.416 e. The van der Waals surface area contributed by atoms with Crippen LogP contribution < -0.4 is 5.73 Å². The van der Waals surface area contributed by atoms with E-state index < -0.39 is 11.7 Å². The molecule has 3 nitrogen and oxygen atoms in total. The van der Waals surface area contributed by atoms with Gasteiger partial charge in [-0.1, -0.05) is 23.2 Å². The lowest BCUT2D eigenvalue weighted by Gasteiger charge is -2.13. The average molecular weight is 354 g/mol. The highest BCUT2D eigenvalue weighted by Gasteiger charge is 2.33. The number of nitrogen functional groups attached to an aromatic ring is 1. The Bertz CT molecular complexity index is 704. The first-order valence-electron chi connectivity index (χ1n) is 5.79. The summed E-state index contributed by atoms with van der Waals surface area (Å²) in [7, 11) is 0. The average Bonchev–Trinajstić information content (AvgIpc) is 2.92. The van der Waals surface area contributed by atoms with Gasteiger partial charge in [-0.2, -0.15) is 30.0 Å². The van der Waals surface area contributed by atoms with Gasteiger partial charge in [-0.05, 0) is 12.1 Å². The zero-order chi connectivity index (χ0) is 15.4. The smallest absolute Gasteiger partial charge is 0.383 e. The molecular weight excluding hydrogens is 346 g/mol. The van der Waals surface area contributed by atoms with Crippen LogP contribution in [0.2, 0.25) is 10.0 Å². The lowest BCUT2D eigenvalue weighted by atomic mass is 10.2. The molecule has 1 aliphatic rings. The molecule has 112 valence electrons. The van der Waals surface area contributed by atoms with Crippen LogP contribution in [0.15, 0.2) is 12.1 Å². The van der Waals surface area contributed by atoms with E-state index in [9.17, 15) is 13.2 Å². The highest BCUT2D eigenvalue weighted by molar-refractivity contribution is 7.98. The molecule has 0 atom stereocenters. The third-order valence-electron chi connectivity index (χ3n) is 3.15. The van der Waals surface area contributed by atoms with Crippen molar-refractivity contribution >= 4 is 40.8 Å². The van der Waals surface area contributed by atoms with E-state index in [1.54, 1.807) is 11.8 Å². The molecule has 2 heterocycles. The van der Waals surface area contributed by atoms with Crippen LogP contribution >= 0.6 is 35.0 Å². The second-order valence-electron chi connectivity index (χ2n) is 4.50. The van der Waals surface area contributed by atoms with E-state index in [1.165, 1.54) is 4.68 Å². The van der Waals surface area contributed by atoms with Crippen molar-refractivity contribution in [1.82, 2.24) is 9.78 Å². The van der Waals surface area contributed by atoms with Crippen LogP contribution in [-0.2, 0) is 17.7 Å². The summed E-state index contributed by atoms with van der Waals surface area (Å²) in [5.41, 5.74) is 6.95. The molecular formula is C12H8Cl2F3N3S. The number of halogens is 5. The number of hydrogen-bond acceptors (Lipinski definition) is 3. The molecule has 0 fully saturated rings. The summed E-state index contributed by atoms with van der Waals surface area (Å²) >= 11 is 13.6. The van der Waals surface area contributed by atoms with Crippen molar-refractivity contribution in [2.45, 2.75) is 17.7 Å². The molecule has 9 heteroatoms. The number of fused-ring (bicyclic) bond motifs is 1. The van der Waals surface area contributed by atoms with E-state index in [4.69, 9.17) is 28.9 Å². The molecule has 3 rings (SSSR count). The van der Waals surface area contributed by atoms with E-state index in [-0.39, 0.29) is 15.7 Å². The monoisotopic (exact) mass is 353 g/mol. The molecule has 0 saturated carbocycles. The number of benzene rings is 1. The first-order valence-corrected chi connectivity index (χ1v) is 7.70. The van der Waals surface area contributed by atoms with Crippen LogP contribution in [0.4, 0.5) is 19.0 Å². The number of nitrogens with two attached hydrogens (primary N) is 1. The number of thioether (sulfide) groups is 1. The fraction of sp³-hybridized carbons (Fsp3) is 0.250. The molecule has 21 heavy (non-hydrogen) atoms. The Morgan fingerprint density at radius 3 is 2.33 bits per heavy atom. The lowest BCUT2D eigenvalue weighted by molar-refractivity contribution is -0.137. The normalized spacial score (nSPS) is 14.5. The predicted octanol–water partition coefficient (Wildman–Crippen LogP) is 4.53.